The summed E-state index contributed by atoms with van der Waals surface area (Å²) < 4.78 is 28.0. The number of halogens is 3. The highest BCUT2D eigenvalue weighted by Crippen LogP contribution is 2.25. The first-order valence-electron chi connectivity index (χ1n) is 5.67. The zero-order chi connectivity index (χ0) is 13.8. The van der Waals surface area contributed by atoms with E-state index in [4.69, 9.17) is 0 Å². The maximum atomic E-state index is 13.6. The van der Waals surface area contributed by atoms with Crippen LogP contribution in [0.3, 0.4) is 0 Å². The summed E-state index contributed by atoms with van der Waals surface area (Å²) in [5.41, 5.74) is 0. The molecule has 19 heavy (non-hydrogen) atoms. The number of pyridine rings is 1. The van der Waals surface area contributed by atoms with Crippen LogP contribution >= 0.6 is 27.3 Å². The van der Waals surface area contributed by atoms with Gasteiger partial charge in [-0.2, -0.15) is 0 Å². The van der Waals surface area contributed by atoms with Crippen molar-refractivity contribution >= 4 is 38.9 Å². The molecule has 0 unspecified atom stereocenters. The van der Waals surface area contributed by atoms with E-state index in [0.717, 1.165) is 15.4 Å². The molecule has 0 radical (unpaired) electrons. The van der Waals surface area contributed by atoms with Gasteiger partial charge >= 0.3 is 0 Å². The second-order valence-electron chi connectivity index (χ2n) is 3.72. The molecular formula is C12H12BrF2N3S. The van der Waals surface area contributed by atoms with Crippen LogP contribution in [0.2, 0.25) is 0 Å². The number of anilines is 2. The monoisotopic (exact) mass is 347 g/mol. The van der Waals surface area contributed by atoms with E-state index < -0.39 is 11.6 Å². The Morgan fingerprint density at radius 3 is 2.53 bits per heavy atom. The van der Waals surface area contributed by atoms with Crippen LogP contribution in [0.1, 0.15) is 11.8 Å². The maximum absolute atomic E-state index is 13.6. The molecule has 0 saturated carbocycles. The van der Waals surface area contributed by atoms with Crippen molar-refractivity contribution in [3.8, 4) is 0 Å². The summed E-state index contributed by atoms with van der Waals surface area (Å²) in [4.78, 5) is 4.93. The fraction of sp³-hybridized carbons (Fsp3) is 0.250. The number of aromatic nitrogens is 1. The van der Waals surface area contributed by atoms with E-state index in [1.807, 2.05) is 18.4 Å². The van der Waals surface area contributed by atoms with E-state index in [2.05, 4.69) is 31.5 Å². The minimum atomic E-state index is -0.702. The first-order chi connectivity index (χ1) is 9.11. The molecule has 0 atom stereocenters. The lowest BCUT2D eigenvalue weighted by atomic mass is 10.3. The molecule has 2 aromatic heterocycles. The Bertz CT molecular complexity index is 574. The van der Waals surface area contributed by atoms with Crippen molar-refractivity contribution in [2.45, 2.75) is 13.5 Å². The van der Waals surface area contributed by atoms with Gasteiger partial charge in [-0.1, -0.05) is 0 Å². The van der Waals surface area contributed by atoms with Crippen molar-refractivity contribution in [3.63, 3.8) is 0 Å². The van der Waals surface area contributed by atoms with Gasteiger partial charge in [0.05, 0.1) is 6.54 Å². The number of rotatable bonds is 5. The molecule has 0 aromatic carbocycles. The summed E-state index contributed by atoms with van der Waals surface area (Å²) in [6, 6.07) is 2.75. The van der Waals surface area contributed by atoms with E-state index >= 15 is 0 Å². The Kier molecular flexibility index (Phi) is 4.71. The Morgan fingerprint density at radius 2 is 1.95 bits per heavy atom. The predicted octanol–water partition coefficient (Wildman–Crippen LogP) is 4.23. The van der Waals surface area contributed by atoms with Gasteiger partial charge < -0.3 is 10.6 Å². The van der Waals surface area contributed by atoms with E-state index in [1.54, 1.807) is 11.3 Å². The third kappa shape index (κ3) is 3.42. The average molecular weight is 348 g/mol. The molecule has 0 amide bonds. The average Bonchev–Trinajstić information content (AvgIpc) is 2.77. The summed E-state index contributed by atoms with van der Waals surface area (Å²) in [7, 11) is 0. The second-order valence-corrected chi connectivity index (χ2v) is 5.58. The van der Waals surface area contributed by atoms with Crippen molar-refractivity contribution in [1.29, 1.82) is 0 Å². The van der Waals surface area contributed by atoms with E-state index in [1.165, 1.54) is 0 Å². The van der Waals surface area contributed by atoms with Gasteiger partial charge in [-0.3, -0.25) is 0 Å². The van der Waals surface area contributed by atoms with Gasteiger partial charge in [-0.05, 0) is 34.3 Å². The molecular weight excluding hydrogens is 336 g/mol. The summed E-state index contributed by atoms with van der Waals surface area (Å²) in [6.07, 6.45) is 0. The van der Waals surface area contributed by atoms with Crippen molar-refractivity contribution < 1.29 is 8.78 Å². The predicted molar refractivity (Wildman–Crippen MR) is 77.7 cm³/mol. The summed E-state index contributed by atoms with van der Waals surface area (Å²) in [6.45, 7) is 2.77. The molecule has 0 spiro atoms. The highest BCUT2D eigenvalue weighted by Gasteiger charge is 2.11. The van der Waals surface area contributed by atoms with Crippen molar-refractivity contribution in [2.75, 3.05) is 17.2 Å². The Morgan fingerprint density at radius 1 is 1.26 bits per heavy atom. The van der Waals surface area contributed by atoms with Crippen molar-refractivity contribution in [2.24, 2.45) is 0 Å². The van der Waals surface area contributed by atoms with Crippen LogP contribution in [-0.4, -0.2) is 11.5 Å². The van der Waals surface area contributed by atoms with Gasteiger partial charge in [0, 0.05) is 22.0 Å². The third-order valence-electron chi connectivity index (χ3n) is 2.38. The standard InChI is InChI=1S/C12H12BrF2N3S/c1-2-16-11-8(14)5-9(15)12(18-11)17-6-10-7(13)3-4-19-10/h3-5H,2,6H2,1H3,(H2,16,17,18). The first kappa shape index (κ1) is 14.2. The molecule has 2 rings (SSSR count). The van der Waals surface area contributed by atoms with Crippen LogP contribution < -0.4 is 10.6 Å². The largest absolute Gasteiger partial charge is 0.368 e. The highest BCUT2D eigenvalue weighted by atomic mass is 79.9. The Labute approximate surface area is 122 Å². The molecule has 102 valence electrons. The number of nitrogens with zero attached hydrogens (tertiary/aromatic N) is 1. The topological polar surface area (TPSA) is 37.0 Å². The number of nitrogens with one attached hydrogen (secondary N) is 2. The van der Waals surface area contributed by atoms with E-state index in [0.29, 0.717) is 13.1 Å². The van der Waals surface area contributed by atoms with Gasteiger partial charge in [0.25, 0.3) is 0 Å². The summed E-state index contributed by atoms with van der Waals surface area (Å²) >= 11 is 4.94. The lowest BCUT2D eigenvalue weighted by Crippen LogP contribution is -2.08. The molecule has 0 bridgehead atoms. The molecule has 0 saturated heterocycles. The molecule has 0 aliphatic carbocycles. The number of hydrogen-bond acceptors (Lipinski definition) is 4. The molecule has 2 aromatic rings. The SMILES string of the molecule is CCNc1nc(NCc2sccc2Br)c(F)cc1F. The molecule has 0 fully saturated rings. The third-order valence-corrected chi connectivity index (χ3v) is 4.31. The second kappa shape index (κ2) is 6.29. The quantitative estimate of drug-likeness (QED) is 0.849. The van der Waals surface area contributed by atoms with Gasteiger partial charge in [0.15, 0.2) is 23.3 Å². The van der Waals surface area contributed by atoms with Crippen LogP contribution in [0, 0.1) is 11.6 Å². The van der Waals surface area contributed by atoms with Gasteiger partial charge in [0.2, 0.25) is 0 Å². The van der Waals surface area contributed by atoms with Crippen molar-refractivity contribution in [1.82, 2.24) is 4.98 Å². The molecule has 7 heteroatoms. The van der Waals surface area contributed by atoms with Crippen LogP contribution in [0.25, 0.3) is 0 Å². The molecule has 2 heterocycles. The number of thiophene rings is 1. The molecule has 3 nitrogen and oxygen atoms in total. The zero-order valence-electron chi connectivity index (χ0n) is 10.1. The van der Waals surface area contributed by atoms with Crippen LogP contribution in [-0.2, 0) is 6.54 Å². The Balaban J connectivity index is 2.15. The fourth-order valence-corrected chi connectivity index (χ4v) is 2.93. The normalized spacial score (nSPS) is 10.5. The zero-order valence-corrected chi connectivity index (χ0v) is 12.5. The lowest BCUT2D eigenvalue weighted by molar-refractivity contribution is 0.578. The number of hydrogen-bond donors (Lipinski definition) is 2. The van der Waals surface area contributed by atoms with Crippen LogP contribution in [0.4, 0.5) is 20.4 Å². The summed E-state index contributed by atoms with van der Waals surface area (Å²) in [5.74, 6) is -1.30. The molecule has 2 N–H and O–H groups in total. The first-order valence-corrected chi connectivity index (χ1v) is 7.34. The van der Waals surface area contributed by atoms with Crippen LogP contribution in [0.15, 0.2) is 22.0 Å². The van der Waals surface area contributed by atoms with E-state index in [-0.39, 0.29) is 11.6 Å². The minimum Gasteiger partial charge on any atom is -0.368 e. The fourth-order valence-electron chi connectivity index (χ4n) is 1.50. The highest BCUT2D eigenvalue weighted by molar-refractivity contribution is 9.10. The summed E-state index contributed by atoms with van der Waals surface area (Å²) in [5, 5.41) is 7.55. The van der Waals surface area contributed by atoms with Crippen molar-refractivity contribution in [3.05, 3.63) is 38.5 Å². The van der Waals surface area contributed by atoms with Gasteiger partial charge in [-0.15, -0.1) is 11.3 Å². The van der Waals surface area contributed by atoms with E-state index in [9.17, 15) is 8.78 Å². The molecule has 0 aliphatic rings. The van der Waals surface area contributed by atoms with Gasteiger partial charge in [0.1, 0.15) is 0 Å². The maximum Gasteiger partial charge on any atom is 0.168 e. The smallest absolute Gasteiger partial charge is 0.168 e. The minimum absolute atomic E-state index is 0.0395. The van der Waals surface area contributed by atoms with Gasteiger partial charge in [-0.25, -0.2) is 13.8 Å². The Hall–Kier alpha value is -1.21. The van der Waals surface area contributed by atoms with Crippen LogP contribution in [0.5, 0.6) is 0 Å². The lowest BCUT2D eigenvalue weighted by Gasteiger charge is -2.10. The molecule has 0 aliphatic heterocycles.